The Hall–Kier alpha value is -2.10. The third kappa shape index (κ3) is 2.58. The lowest BCUT2D eigenvalue weighted by atomic mass is 9.92. The molecule has 0 heterocycles. The highest BCUT2D eigenvalue weighted by atomic mass is 35.5. The summed E-state index contributed by atoms with van der Waals surface area (Å²) in [5.74, 6) is -1.07. The van der Waals surface area contributed by atoms with E-state index in [2.05, 4.69) is 5.32 Å². The van der Waals surface area contributed by atoms with Crippen molar-refractivity contribution in [3.8, 4) is 0 Å². The molecule has 0 fully saturated rings. The number of Topliss-reactive ketones (excluding diaryl/α,β-unsaturated/α-hetero) is 1. The van der Waals surface area contributed by atoms with Crippen LogP contribution < -0.4 is 5.32 Å². The van der Waals surface area contributed by atoms with E-state index in [1.807, 2.05) is 0 Å². The van der Waals surface area contributed by atoms with Gasteiger partial charge in [-0.3, -0.25) is 9.59 Å². The molecule has 3 rings (SSSR count). The molecule has 0 unspecified atom stereocenters. The van der Waals surface area contributed by atoms with Crippen LogP contribution in [0.5, 0.6) is 0 Å². The molecule has 2 aromatic carbocycles. The highest BCUT2D eigenvalue weighted by Crippen LogP contribution is 2.31. The van der Waals surface area contributed by atoms with Gasteiger partial charge in [-0.25, -0.2) is 0 Å². The number of carbonyl (C=O) groups is 2. The van der Waals surface area contributed by atoms with Gasteiger partial charge in [-0.2, -0.15) is 0 Å². The van der Waals surface area contributed by atoms with Gasteiger partial charge in [0.1, 0.15) is 0 Å². The van der Waals surface area contributed by atoms with Gasteiger partial charge in [-0.15, -0.1) is 0 Å². The molecule has 0 spiro atoms. The highest BCUT2D eigenvalue weighted by molar-refractivity contribution is 6.50. The molecule has 0 amide bonds. The van der Waals surface area contributed by atoms with E-state index in [9.17, 15) is 9.59 Å². The van der Waals surface area contributed by atoms with Gasteiger partial charge >= 0.3 is 0 Å². The Bertz CT molecular complexity index is 797. The van der Waals surface area contributed by atoms with Crippen molar-refractivity contribution in [1.82, 2.24) is 0 Å². The molecule has 0 saturated heterocycles. The van der Waals surface area contributed by atoms with Gasteiger partial charge in [0.15, 0.2) is 0 Å². The van der Waals surface area contributed by atoms with Crippen LogP contribution in [0.3, 0.4) is 0 Å². The van der Waals surface area contributed by atoms with Gasteiger partial charge in [-0.05, 0) is 18.2 Å². The third-order valence-corrected chi connectivity index (χ3v) is 3.72. The number of fused-ring (bicyclic) bond motifs is 1. The largest absolute Gasteiger partial charge is 0.354 e. The monoisotopic (exact) mass is 317 g/mol. The van der Waals surface area contributed by atoms with Crippen LogP contribution in [0, 0.1) is 0 Å². The van der Waals surface area contributed by atoms with Gasteiger partial charge in [0, 0.05) is 22.2 Å². The molecule has 0 bridgehead atoms. The number of nitrogens with one attached hydrogen (secondary N) is 1. The second kappa shape index (κ2) is 5.35. The summed E-state index contributed by atoms with van der Waals surface area (Å²) in [5.41, 5.74) is 2.15. The highest BCUT2D eigenvalue weighted by Gasteiger charge is 2.25. The van der Waals surface area contributed by atoms with Crippen molar-refractivity contribution in [1.29, 1.82) is 0 Å². The van der Waals surface area contributed by atoms with Gasteiger partial charge in [0.05, 0.1) is 16.4 Å². The summed E-state index contributed by atoms with van der Waals surface area (Å²) in [6.07, 6.45) is 1.28. The Kier molecular flexibility index (Phi) is 3.53. The van der Waals surface area contributed by atoms with Crippen LogP contribution in [-0.2, 0) is 4.79 Å². The zero-order valence-corrected chi connectivity index (χ0v) is 12.2. The van der Waals surface area contributed by atoms with Crippen LogP contribution in [0.25, 0.3) is 5.70 Å². The van der Waals surface area contributed by atoms with Crippen LogP contribution in [0.4, 0.5) is 5.69 Å². The number of hydrogen-bond acceptors (Lipinski definition) is 3. The molecule has 0 atom stereocenters. The Balaban J connectivity index is 2.06. The number of allylic oxidation sites excluding steroid dienone is 1. The van der Waals surface area contributed by atoms with Gasteiger partial charge in [-0.1, -0.05) is 47.5 Å². The maximum Gasteiger partial charge on any atom is 0.233 e. The van der Waals surface area contributed by atoms with Crippen molar-refractivity contribution in [2.75, 3.05) is 5.32 Å². The number of hydrogen-bond donors (Lipinski definition) is 1. The zero-order valence-electron chi connectivity index (χ0n) is 10.7. The lowest BCUT2D eigenvalue weighted by Crippen LogP contribution is -2.20. The van der Waals surface area contributed by atoms with Crippen LogP contribution in [0.2, 0.25) is 10.0 Å². The van der Waals surface area contributed by atoms with Crippen molar-refractivity contribution in [2.45, 2.75) is 0 Å². The Morgan fingerprint density at radius 2 is 1.62 bits per heavy atom. The number of benzene rings is 2. The first kappa shape index (κ1) is 13.9. The minimum absolute atomic E-state index is 0.380. The number of halogens is 2. The van der Waals surface area contributed by atoms with Crippen LogP contribution >= 0.6 is 23.2 Å². The molecule has 0 aliphatic heterocycles. The topological polar surface area (TPSA) is 46.2 Å². The smallest absolute Gasteiger partial charge is 0.233 e. The van der Waals surface area contributed by atoms with E-state index in [1.54, 1.807) is 42.5 Å². The molecular weight excluding hydrogens is 309 g/mol. The van der Waals surface area contributed by atoms with Crippen LogP contribution in [-0.4, -0.2) is 11.6 Å². The molecule has 0 saturated carbocycles. The zero-order chi connectivity index (χ0) is 15.0. The lowest BCUT2D eigenvalue weighted by Gasteiger charge is -2.18. The summed E-state index contributed by atoms with van der Waals surface area (Å²) in [4.78, 5) is 23.7. The second-order valence-corrected chi connectivity index (χ2v) is 5.39. The molecule has 0 radical (unpaired) electrons. The average Bonchev–Trinajstić information content (AvgIpc) is 2.48. The minimum Gasteiger partial charge on any atom is -0.354 e. The number of anilines is 1. The van der Waals surface area contributed by atoms with Crippen molar-refractivity contribution < 1.29 is 9.59 Å². The molecule has 1 aliphatic rings. The van der Waals surface area contributed by atoms with Gasteiger partial charge in [0.25, 0.3) is 0 Å². The van der Waals surface area contributed by atoms with Crippen LogP contribution in [0.15, 0.2) is 48.5 Å². The lowest BCUT2D eigenvalue weighted by molar-refractivity contribution is -0.111. The maximum atomic E-state index is 11.9. The fourth-order valence-electron chi connectivity index (χ4n) is 2.16. The number of ketones is 2. The van der Waals surface area contributed by atoms with E-state index < -0.39 is 11.6 Å². The van der Waals surface area contributed by atoms with Crippen molar-refractivity contribution in [2.24, 2.45) is 0 Å². The number of carbonyl (C=O) groups excluding carboxylic acids is 2. The fraction of sp³-hybridized carbons (Fsp3) is 0. The Labute approximate surface area is 131 Å². The molecular formula is C16H9Cl2NO2. The van der Waals surface area contributed by atoms with Crippen molar-refractivity contribution in [3.63, 3.8) is 0 Å². The van der Waals surface area contributed by atoms with Gasteiger partial charge < -0.3 is 5.32 Å². The SMILES string of the molecule is O=C1C=C(Nc2cc(Cl)ccc2Cl)c2ccccc2C1=O. The maximum absolute atomic E-state index is 11.9. The van der Waals surface area contributed by atoms with E-state index in [0.717, 1.165) is 0 Å². The summed E-state index contributed by atoms with van der Waals surface area (Å²) in [6.45, 7) is 0. The minimum atomic E-state index is -0.561. The molecule has 2 aromatic rings. The predicted molar refractivity (Wildman–Crippen MR) is 83.8 cm³/mol. The van der Waals surface area contributed by atoms with Crippen molar-refractivity contribution in [3.05, 3.63) is 69.7 Å². The summed E-state index contributed by atoms with van der Waals surface area (Å²) >= 11 is 12.1. The predicted octanol–water partition coefficient (Wildman–Crippen LogP) is 4.21. The van der Waals surface area contributed by atoms with E-state index in [1.165, 1.54) is 6.08 Å². The quantitative estimate of drug-likeness (QED) is 0.844. The van der Waals surface area contributed by atoms with E-state index in [-0.39, 0.29) is 0 Å². The molecule has 21 heavy (non-hydrogen) atoms. The van der Waals surface area contributed by atoms with Crippen LogP contribution in [0.1, 0.15) is 15.9 Å². The van der Waals surface area contributed by atoms with E-state index in [0.29, 0.717) is 32.6 Å². The normalized spacial score (nSPS) is 13.7. The van der Waals surface area contributed by atoms with Crippen molar-refractivity contribution >= 4 is 46.2 Å². The summed E-state index contributed by atoms with van der Waals surface area (Å²) in [5, 5.41) is 4.07. The summed E-state index contributed by atoms with van der Waals surface area (Å²) in [7, 11) is 0. The second-order valence-electron chi connectivity index (χ2n) is 4.55. The molecule has 0 aromatic heterocycles. The summed E-state index contributed by atoms with van der Waals surface area (Å²) < 4.78 is 0. The Morgan fingerprint density at radius 1 is 0.905 bits per heavy atom. The van der Waals surface area contributed by atoms with E-state index in [4.69, 9.17) is 23.2 Å². The molecule has 1 N–H and O–H groups in total. The number of rotatable bonds is 2. The third-order valence-electron chi connectivity index (χ3n) is 3.16. The first-order valence-corrected chi connectivity index (χ1v) is 6.93. The first-order chi connectivity index (χ1) is 10.1. The standard InChI is InChI=1S/C16H9Cl2NO2/c17-9-5-6-12(18)14(7-9)19-13-8-15(20)16(21)11-4-2-1-3-10(11)13/h1-8,19H. The molecule has 104 valence electrons. The van der Waals surface area contributed by atoms with E-state index >= 15 is 0 Å². The Morgan fingerprint density at radius 3 is 2.38 bits per heavy atom. The molecule has 1 aliphatic carbocycles. The molecule has 3 nitrogen and oxygen atoms in total. The molecule has 5 heteroatoms. The first-order valence-electron chi connectivity index (χ1n) is 6.18. The summed E-state index contributed by atoms with van der Waals surface area (Å²) in [6, 6.07) is 11.9. The average molecular weight is 318 g/mol. The fourth-order valence-corrected chi connectivity index (χ4v) is 2.50. The van der Waals surface area contributed by atoms with Gasteiger partial charge in [0.2, 0.25) is 11.6 Å².